The van der Waals surface area contributed by atoms with Crippen molar-refractivity contribution in [1.82, 2.24) is 0 Å². The van der Waals surface area contributed by atoms with Gasteiger partial charge in [0.05, 0.1) is 6.10 Å². The van der Waals surface area contributed by atoms with Crippen LogP contribution in [0.25, 0.3) is 0 Å². The summed E-state index contributed by atoms with van der Waals surface area (Å²) in [5.74, 6) is 3.87. The number of unbranched alkanes of at least 4 members (excludes halogenated alkanes) is 4. The van der Waals surface area contributed by atoms with Crippen LogP contribution >= 0.6 is 0 Å². The van der Waals surface area contributed by atoms with Gasteiger partial charge in [0.25, 0.3) is 0 Å². The van der Waals surface area contributed by atoms with Crippen LogP contribution in [0.1, 0.15) is 59.3 Å². The van der Waals surface area contributed by atoms with Crippen molar-refractivity contribution >= 4 is 8.07 Å². The number of rotatable bonds is 8. The van der Waals surface area contributed by atoms with E-state index in [1.54, 1.807) is 0 Å². The standard InChI is InChI=1S/C17H34OSi/c1-7-8-9-10-11-12-16(17(18)15(2)3)13-14-19(4,5)6/h15-18H,7-12H2,1-6H3/t16-,17+/m1/s1. The highest BCUT2D eigenvalue weighted by Crippen LogP contribution is 2.20. The fourth-order valence-corrected chi connectivity index (χ4v) is 2.69. The van der Waals surface area contributed by atoms with Crippen molar-refractivity contribution in [2.75, 3.05) is 0 Å². The minimum atomic E-state index is -1.33. The average Bonchev–Trinajstić information content (AvgIpc) is 2.30. The van der Waals surface area contributed by atoms with E-state index in [0.29, 0.717) is 5.92 Å². The number of aliphatic hydroxyl groups excluding tert-OH is 1. The van der Waals surface area contributed by atoms with Crippen molar-refractivity contribution in [3.63, 3.8) is 0 Å². The van der Waals surface area contributed by atoms with Gasteiger partial charge >= 0.3 is 0 Å². The predicted molar refractivity (Wildman–Crippen MR) is 88.8 cm³/mol. The maximum Gasteiger partial charge on any atom is 0.129 e. The molecule has 0 rings (SSSR count). The molecule has 0 aromatic heterocycles. The second-order valence-corrected chi connectivity index (χ2v) is 11.8. The van der Waals surface area contributed by atoms with Gasteiger partial charge in [-0.25, -0.2) is 0 Å². The average molecular weight is 283 g/mol. The molecule has 0 fully saturated rings. The van der Waals surface area contributed by atoms with E-state index >= 15 is 0 Å². The van der Waals surface area contributed by atoms with Crippen LogP contribution in [0.5, 0.6) is 0 Å². The Morgan fingerprint density at radius 1 is 1.00 bits per heavy atom. The Bertz CT molecular complexity index is 280. The molecule has 0 aliphatic carbocycles. The molecule has 2 heteroatoms. The molecule has 19 heavy (non-hydrogen) atoms. The highest BCUT2D eigenvalue weighted by molar-refractivity contribution is 6.83. The molecule has 0 bridgehead atoms. The number of aliphatic hydroxyl groups is 1. The minimum absolute atomic E-state index is 0.174. The van der Waals surface area contributed by atoms with E-state index in [1.165, 1.54) is 32.1 Å². The van der Waals surface area contributed by atoms with Gasteiger partial charge in [0.15, 0.2) is 0 Å². The Kier molecular flexibility index (Phi) is 9.48. The lowest BCUT2D eigenvalue weighted by atomic mass is 9.89. The first-order chi connectivity index (χ1) is 8.78. The summed E-state index contributed by atoms with van der Waals surface area (Å²) in [6, 6.07) is 0. The van der Waals surface area contributed by atoms with E-state index in [-0.39, 0.29) is 12.0 Å². The normalized spacial score (nSPS) is 14.9. The van der Waals surface area contributed by atoms with E-state index in [1.807, 2.05) is 0 Å². The fourth-order valence-electron chi connectivity index (χ4n) is 2.07. The van der Waals surface area contributed by atoms with Crippen LogP contribution in [-0.2, 0) is 0 Å². The monoisotopic (exact) mass is 282 g/mol. The predicted octanol–water partition coefficient (Wildman–Crippen LogP) is 4.86. The summed E-state index contributed by atoms with van der Waals surface area (Å²) in [5, 5.41) is 10.3. The van der Waals surface area contributed by atoms with Gasteiger partial charge in [-0.3, -0.25) is 0 Å². The van der Waals surface area contributed by atoms with Crippen LogP contribution in [0.15, 0.2) is 0 Å². The molecule has 0 radical (unpaired) electrons. The SMILES string of the molecule is CCCCCCC[C@H](C#C[Si](C)(C)C)[C@@H](O)C(C)C. The molecule has 112 valence electrons. The van der Waals surface area contributed by atoms with Gasteiger partial charge in [-0.15, -0.1) is 11.5 Å². The van der Waals surface area contributed by atoms with E-state index in [2.05, 4.69) is 51.9 Å². The molecule has 0 saturated carbocycles. The fraction of sp³-hybridized carbons (Fsp3) is 0.882. The molecular weight excluding hydrogens is 248 g/mol. The van der Waals surface area contributed by atoms with Gasteiger partial charge in [0.1, 0.15) is 8.07 Å². The highest BCUT2D eigenvalue weighted by atomic mass is 28.3. The smallest absolute Gasteiger partial charge is 0.129 e. The van der Waals surface area contributed by atoms with Crippen molar-refractivity contribution in [3.8, 4) is 11.5 Å². The van der Waals surface area contributed by atoms with Crippen molar-refractivity contribution in [3.05, 3.63) is 0 Å². The number of hydrogen-bond acceptors (Lipinski definition) is 1. The minimum Gasteiger partial charge on any atom is -0.392 e. The third-order valence-corrected chi connectivity index (χ3v) is 4.24. The topological polar surface area (TPSA) is 20.2 Å². The maximum absolute atomic E-state index is 10.3. The summed E-state index contributed by atoms with van der Waals surface area (Å²) in [6.45, 7) is 13.2. The van der Waals surface area contributed by atoms with E-state index in [0.717, 1.165) is 6.42 Å². The van der Waals surface area contributed by atoms with Crippen molar-refractivity contribution in [2.45, 2.75) is 85.0 Å². The molecule has 0 unspecified atom stereocenters. The van der Waals surface area contributed by atoms with Crippen LogP contribution in [0.2, 0.25) is 19.6 Å². The largest absolute Gasteiger partial charge is 0.392 e. The van der Waals surface area contributed by atoms with Crippen LogP contribution in [-0.4, -0.2) is 19.3 Å². The van der Waals surface area contributed by atoms with Gasteiger partial charge in [-0.2, -0.15) is 0 Å². The third-order valence-electron chi connectivity index (χ3n) is 3.35. The molecular formula is C17H34OSi. The van der Waals surface area contributed by atoms with Crippen LogP contribution in [0, 0.1) is 23.3 Å². The Balaban J connectivity index is 4.38. The van der Waals surface area contributed by atoms with Gasteiger partial charge in [-0.1, -0.05) is 72.5 Å². The second-order valence-electron chi connectivity index (χ2n) is 7.06. The molecule has 1 nitrogen and oxygen atoms in total. The molecule has 0 amide bonds. The quantitative estimate of drug-likeness (QED) is 0.383. The van der Waals surface area contributed by atoms with Crippen molar-refractivity contribution < 1.29 is 5.11 Å². The zero-order valence-electron chi connectivity index (χ0n) is 13.9. The lowest BCUT2D eigenvalue weighted by Crippen LogP contribution is -2.26. The van der Waals surface area contributed by atoms with Crippen molar-refractivity contribution in [1.29, 1.82) is 0 Å². The highest BCUT2D eigenvalue weighted by Gasteiger charge is 2.20. The zero-order chi connectivity index (χ0) is 14.9. The van der Waals surface area contributed by atoms with Gasteiger partial charge in [0, 0.05) is 5.92 Å². The molecule has 0 aromatic carbocycles. The van der Waals surface area contributed by atoms with E-state index < -0.39 is 8.07 Å². The molecule has 0 spiro atoms. The van der Waals surface area contributed by atoms with Crippen LogP contribution in [0.3, 0.4) is 0 Å². The Morgan fingerprint density at radius 2 is 1.58 bits per heavy atom. The van der Waals surface area contributed by atoms with Crippen LogP contribution in [0.4, 0.5) is 0 Å². The third kappa shape index (κ3) is 10.2. The van der Waals surface area contributed by atoms with E-state index in [4.69, 9.17) is 0 Å². The first-order valence-electron chi connectivity index (χ1n) is 7.98. The maximum atomic E-state index is 10.3. The Morgan fingerprint density at radius 3 is 2.05 bits per heavy atom. The number of hydrogen-bond donors (Lipinski definition) is 1. The molecule has 0 heterocycles. The van der Waals surface area contributed by atoms with Crippen molar-refractivity contribution in [2.24, 2.45) is 11.8 Å². The summed E-state index contributed by atoms with van der Waals surface area (Å²) in [4.78, 5) is 0. The van der Waals surface area contributed by atoms with Crippen LogP contribution < -0.4 is 0 Å². The Hall–Kier alpha value is -0.263. The second kappa shape index (κ2) is 9.61. The summed E-state index contributed by atoms with van der Waals surface area (Å²) < 4.78 is 0. The Labute approximate surface area is 122 Å². The molecule has 0 aromatic rings. The molecule has 1 N–H and O–H groups in total. The van der Waals surface area contributed by atoms with E-state index in [9.17, 15) is 5.11 Å². The van der Waals surface area contributed by atoms with Gasteiger partial charge in [0.2, 0.25) is 0 Å². The molecule has 0 aliphatic rings. The van der Waals surface area contributed by atoms with Gasteiger partial charge < -0.3 is 5.11 Å². The van der Waals surface area contributed by atoms with Gasteiger partial charge in [-0.05, 0) is 12.3 Å². The zero-order valence-corrected chi connectivity index (χ0v) is 14.9. The molecule has 2 atom stereocenters. The summed E-state index contributed by atoms with van der Waals surface area (Å²) >= 11 is 0. The lowest BCUT2D eigenvalue weighted by Gasteiger charge is -2.22. The summed E-state index contributed by atoms with van der Waals surface area (Å²) in [5.41, 5.74) is 3.44. The molecule has 0 saturated heterocycles. The first kappa shape index (κ1) is 18.7. The lowest BCUT2D eigenvalue weighted by molar-refractivity contribution is 0.0832. The summed E-state index contributed by atoms with van der Waals surface area (Å²) in [6.07, 6.45) is 7.21. The first-order valence-corrected chi connectivity index (χ1v) is 11.5. The molecule has 0 aliphatic heterocycles. The summed E-state index contributed by atoms with van der Waals surface area (Å²) in [7, 11) is -1.33.